The van der Waals surface area contributed by atoms with Crippen molar-refractivity contribution < 1.29 is 26.4 Å². The lowest BCUT2D eigenvalue weighted by atomic mass is 9.88. The maximum atomic E-state index is 13.3. The smallest absolute Gasteiger partial charge is 0.418 e. The summed E-state index contributed by atoms with van der Waals surface area (Å²) in [6.45, 7) is 2.39. The van der Waals surface area contributed by atoms with Crippen molar-refractivity contribution in [2.75, 3.05) is 19.6 Å². The molecule has 0 aromatic carbocycles. The molecule has 1 nitrogen and oxygen atoms in total. The molecule has 14 heavy (non-hydrogen) atoms. The maximum Gasteiger partial charge on any atom is 0.673 e. The highest BCUT2D eigenvalue weighted by atomic mass is 19.5. The molecule has 0 amide bonds. The SMILES string of the molecule is F[B-](F)(F)F.F[N+]12CCC(CC1)CC2. The molecule has 0 spiro atoms. The van der Waals surface area contributed by atoms with Gasteiger partial charge in [-0.25, -0.2) is 0 Å². The van der Waals surface area contributed by atoms with Gasteiger partial charge in [0.25, 0.3) is 0 Å². The van der Waals surface area contributed by atoms with Gasteiger partial charge in [0.15, 0.2) is 0 Å². The van der Waals surface area contributed by atoms with E-state index in [1.165, 1.54) is 0 Å². The highest BCUT2D eigenvalue weighted by molar-refractivity contribution is 6.50. The fourth-order valence-electron chi connectivity index (χ4n) is 2.01. The average Bonchev–Trinajstić information content (AvgIpc) is 2.02. The Morgan fingerprint density at radius 3 is 1.29 bits per heavy atom. The third-order valence-corrected chi connectivity index (χ3v) is 2.81. The summed E-state index contributed by atoms with van der Waals surface area (Å²) in [5.41, 5.74) is 0. The monoisotopic (exact) mass is 217 g/mol. The quantitative estimate of drug-likeness (QED) is 0.332. The molecule has 0 saturated carbocycles. The standard InChI is InChI=1S/C7H13FN.BF4/c8-9-4-1-7(2-5-9)3-6-9;2-1(3,4)5/h7H,1-6H2;/q+1;-1. The zero-order valence-corrected chi connectivity index (χ0v) is 7.73. The van der Waals surface area contributed by atoms with Crippen LogP contribution in [0.3, 0.4) is 0 Å². The second-order valence-corrected chi connectivity index (χ2v) is 3.93. The molecule has 3 aliphatic heterocycles. The summed E-state index contributed by atoms with van der Waals surface area (Å²) in [6.07, 6.45) is 3.41. The van der Waals surface area contributed by atoms with Crippen LogP contribution in [0.25, 0.3) is 0 Å². The van der Waals surface area contributed by atoms with E-state index in [4.69, 9.17) is 0 Å². The third-order valence-electron chi connectivity index (χ3n) is 2.81. The van der Waals surface area contributed by atoms with Crippen LogP contribution < -0.4 is 0 Å². The molecule has 7 heteroatoms. The fourth-order valence-corrected chi connectivity index (χ4v) is 2.01. The van der Waals surface area contributed by atoms with Gasteiger partial charge < -0.3 is 17.3 Å². The van der Waals surface area contributed by atoms with E-state index in [1.807, 2.05) is 0 Å². The minimum atomic E-state index is -6.00. The molecule has 84 valence electrons. The molecule has 3 heterocycles. The molecule has 0 atom stereocenters. The Labute approximate surface area is 79.5 Å². The van der Waals surface area contributed by atoms with Crippen LogP contribution in [0.4, 0.5) is 21.7 Å². The Morgan fingerprint density at radius 2 is 1.14 bits per heavy atom. The van der Waals surface area contributed by atoms with Gasteiger partial charge >= 0.3 is 7.25 Å². The maximum absolute atomic E-state index is 13.3. The molecule has 3 saturated heterocycles. The number of hydrogen-bond acceptors (Lipinski definition) is 0. The molecule has 0 aliphatic carbocycles. The Bertz CT molecular complexity index is 167. The molecule has 2 bridgehead atoms. The van der Waals surface area contributed by atoms with Gasteiger partial charge in [-0.15, -0.1) is 4.71 Å². The van der Waals surface area contributed by atoms with Crippen LogP contribution >= 0.6 is 0 Å². The van der Waals surface area contributed by atoms with Crippen LogP contribution in [-0.4, -0.2) is 31.6 Å². The number of halogens is 5. The summed E-state index contributed by atoms with van der Waals surface area (Å²) in [7, 11) is -6.00. The predicted molar refractivity (Wildman–Crippen MR) is 43.5 cm³/mol. The number of quaternary nitrogens is 1. The number of rotatable bonds is 0. The lowest BCUT2D eigenvalue weighted by molar-refractivity contribution is -1.07. The molecule has 0 N–H and O–H groups in total. The van der Waals surface area contributed by atoms with Gasteiger partial charge in [-0.05, 0) is 10.4 Å². The molecule has 0 aromatic rings. The highest BCUT2D eigenvalue weighted by Gasteiger charge is 2.40. The lowest BCUT2D eigenvalue weighted by Gasteiger charge is -2.39. The van der Waals surface area contributed by atoms with Gasteiger partial charge in [-0.3, -0.25) is 0 Å². The summed E-state index contributed by atoms with van der Waals surface area (Å²) in [6, 6.07) is 0. The van der Waals surface area contributed by atoms with E-state index in [1.54, 1.807) is 0 Å². The minimum Gasteiger partial charge on any atom is -0.418 e. The van der Waals surface area contributed by atoms with Gasteiger partial charge in [0, 0.05) is 19.3 Å². The van der Waals surface area contributed by atoms with Crippen molar-refractivity contribution >= 4 is 7.25 Å². The van der Waals surface area contributed by atoms with Crippen LogP contribution in [0.15, 0.2) is 0 Å². The molecular formula is C7H13BF5N. The van der Waals surface area contributed by atoms with Gasteiger partial charge in [0.1, 0.15) is 19.6 Å². The molecule has 3 aliphatic rings. The first kappa shape index (κ1) is 11.7. The molecule has 3 rings (SSSR count). The summed E-state index contributed by atoms with van der Waals surface area (Å²) in [5, 5.41) is 0. The normalized spacial score (nSPS) is 36.2. The zero-order chi connectivity index (χ0) is 10.8. The zero-order valence-electron chi connectivity index (χ0n) is 7.73. The van der Waals surface area contributed by atoms with Crippen molar-refractivity contribution in [2.24, 2.45) is 5.92 Å². The molecule has 0 aromatic heterocycles. The fraction of sp³-hybridized carbons (Fsp3) is 1.00. The first-order valence-electron chi connectivity index (χ1n) is 4.72. The molecule has 3 fully saturated rings. The van der Waals surface area contributed by atoms with Crippen molar-refractivity contribution in [1.29, 1.82) is 0 Å². The summed E-state index contributed by atoms with van der Waals surface area (Å²) in [4.78, 5) is 0. The molecular weight excluding hydrogens is 204 g/mol. The Kier molecular flexibility index (Phi) is 3.39. The van der Waals surface area contributed by atoms with Crippen molar-refractivity contribution in [1.82, 2.24) is 0 Å². The third kappa shape index (κ3) is 4.26. The largest absolute Gasteiger partial charge is 0.673 e. The number of nitrogens with zero attached hydrogens (tertiary/aromatic N) is 1. The van der Waals surface area contributed by atoms with Gasteiger partial charge in [-0.2, -0.15) is 0 Å². The van der Waals surface area contributed by atoms with E-state index in [0.717, 1.165) is 44.8 Å². The van der Waals surface area contributed by atoms with E-state index in [0.29, 0.717) is 0 Å². The Balaban J connectivity index is 0.000000171. The molecule has 0 unspecified atom stereocenters. The van der Waals surface area contributed by atoms with Crippen LogP contribution in [0.1, 0.15) is 19.3 Å². The average molecular weight is 217 g/mol. The van der Waals surface area contributed by atoms with E-state index < -0.39 is 7.25 Å². The van der Waals surface area contributed by atoms with Crippen molar-refractivity contribution in [3.05, 3.63) is 0 Å². The second kappa shape index (κ2) is 4.04. The first-order chi connectivity index (χ1) is 6.29. The van der Waals surface area contributed by atoms with Crippen molar-refractivity contribution in [2.45, 2.75) is 19.3 Å². The first-order valence-corrected chi connectivity index (χ1v) is 4.72. The molecule has 0 radical (unpaired) electrons. The van der Waals surface area contributed by atoms with Crippen LogP contribution in [-0.2, 0) is 0 Å². The van der Waals surface area contributed by atoms with E-state index in [-0.39, 0.29) is 4.71 Å². The van der Waals surface area contributed by atoms with Crippen molar-refractivity contribution in [3.8, 4) is 0 Å². The van der Waals surface area contributed by atoms with Gasteiger partial charge in [-0.1, -0.05) is 0 Å². The number of piperidine rings is 3. The van der Waals surface area contributed by atoms with Gasteiger partial charge in [0.2, 0.25) is 0 Å². The predicted octanol–water partition coefficient (Wildman–Crippen LogP) is 2.80. The van der Waals surface area contributed by atoms with Gasteiger partial charge in [0.05, 0.1) is 0 Å². The van der Waals surface area contributed by atoms with E-state index in [9.17, 15) is 21.7 Å². The topological polar surface area (TPSA) is 0 Å². The second-order valence-electron chi connectivity index (χ2n) is 3.93. The Morgan fingerprint density at radius 1 is 0.857 bits per heavy atom. The van der Waals surface area contributed by atoms with E-state index in [2.05, 4.69) is 0 Å². The van der Waals surface area contributed by atoms with E-state index >= 15 is 0 Å². The lowest BCUT2D eigenvalue weighted by Crippen LogP contribution is -2.52. The van der Waals surface area contributed by atoms with Crippen molar-refractivity contribution in [3.63, 3.8) is 0 Å². The highest BCUT2D eigenvalue weighted by Crippen LogP contribution is 2.33. The Hall–Kier alpha value is -0.325. The minimum absolute atomic E-state index is 0.115. The summed E-state index contributed by atoms with van der Waals surface area (Å²) < 4.78 is 52.2. The van der Waals surface area contributed by atoms with Crippen LogP contribution in [0.2, 0.25) is 0 Å². The van der Waals surface area contributed by atoms with Crippen LogP contribution in [0.5, 0.6) is 0 Å². The number of fused-ring (bicyclic) bond motifs is 3. The summed E-state index contributed by atoms with van der Waals surface area (Å²) >= 11 is 0. The van der Waals surface area contributed by atoms with Crippen LogP contribution in [0, 0.1) is 5.92 Å². The number of hydrogen-bond donors (Lipinski definition) is 0. The summed E-state index contributed by atoms with van der Waals surface area (Å²) in [5.74, 6) is 0.876.